The predicted molar refractivity (Wildman–Crippen MR) is 94.7 cm³/mol. The zero-order valence-electron chi connectivity index (χ0n) is 13.5. The summed E-state index contributed by atoms with van der Waals surface area (Å²) in [5.41, 5.74) is 4.11. The number of nitrogens with zero attached hydrogens (tertiary/aromatic N) is 2. The quantitative estimate of drug-likeness (QED) is 0.757. The van der Waals surface area contributed by atoms with E-state index in [9.17, 15) is 9.90 Å². The van der Waals surface area contributed by atoms with E-state index < -0.39 is 5.97 Å². The molecule has 0 saturated carbocycles. The molecular formula is C19H17ClN2O2. The van der Waals surface area contributed by atoms with E-state index in [1.807, 2.05) is 56.3 Å². The van der Waals surface area contributed by atoms with E-state index in [0.717, 1.165) is 22.3 Å². The normalized spacial score (nSPS) is 10.8. The van der Waals surface area contributed by atoms with Crippen LogP contribution in [0.2, 0.25) is 5.15 Å². The molecule has 0 atom stereocenters. The fourth-order valence-electron chi connectivity index (χ4n) is 2.73. The predicted octanol–water partition coefficient (Wildman–Crippen LogP) is 4.57. The molecule has 0 saturated heterocycles. The highest BCUT2D eigenvalue weighted by Gasteiger charge is 2.22. The molecule has 0 aliphatic rings. The van der Waals surface area contributed by atoms with Crippen molar-refractivity contribution in [1.82, 2.24) is 9.55 Å². The van der Waals surface area contributed by atoms with Crippen molar-refractivity contribution >= 4 is 17.6 Å². The summed E-state index contributed by atoms with van der Waals surface area (Å²) in [5, 5.41) is 9.57. The van der Waals surface area contributed by atoms with E-state index >= 15 is 0 Å². The average molecular weight is 341 g/mol. The largest absolute Gasteiger partial charge is 0.476 e. The minimum Gasteiger partial charge on any atom is -0.476 e. The van der Waals surface area contributed by atoms with Crippen molar-refractivity contribution in [2.75, 3.05) is 0 Å². The molecule has 4 nitrogen and oxygen atoms in total. The summed E-state index contributed by atoms with van der Waals surface area (Å²) in [6.45, 7) is 4.43. The summed E-state index contributed by atoms with van der Waals surface area (Å²) in [7, 11) is 0. The standard InChI is InChI=1S/C19H17ClN2O2/c1-12-8-9-13(2)15(10-12)11-22-16(19(23)24)17(20)21-18(22)14-6-4-3-5-7-14/h3-10H,11H2,1-2H3,(H,23,24). The van der Waals surface area contributed by atoms with E-state index in [1.165, 1.54) is 0 Å². The van der Waals surface area contributed by atoms with Gasteiger partial charge in [0.05, 0.1) is 6.54 Å². The van der Waals surface area contributed by atoms with Gasteiger partial charge in [-0.25, -0.2) is 9.78 Å². The number of aromatic carboxylic acids is 1. The van der Waals surface area contributed by atoms with Crippen molar-refractivity contribution in [1.29, 1.82) is 0 Å². The SMILES string of the molecule is Cc1ccc(C)c(Cn2c(-c3ccccc3)nc(Cl)c2C(=O)O)c1. The second-order valence-electron chi connectivity index (χ2n) is 5.76. The molecule has 2 aromatic carbocycles. The zero-order valence-corrected chi connectivity index (χ0v) is 14.2. The molecule has 1 N–H and O–H groups in total. The minimum absolute atomic E-state index is 0.00617. The van der Waals surface area contributed by atoms with Gasteiger partial charge in [-0.1, -0.05) is 65.7 Å². The molecule has 0 aliphatic heterocycles. The summed E-state index contributed by atoms with van der Waals surface area (Å²) in [4.78, 5) is 16.0. The molecule has 5 heteroatoms. The molecule has 24 heavy (non-hydrogen) atoms. The van der Waals surface area contributed by atoms with Crippen LogP contribution < -0.4 is 0 Å². The molecule has 122 valence electrons. The number of hydrogen-bond acceptors (Lipinski definition) is 2. The van der Waals surface area contributed by atoms with Crippen LogP contribution in [0.3, 0.4) is 0 Å². The van der Waals surface area contributed by atoms with E-state index in [0.29, 0.717) is 12.4 Å². The van der Waals surface area contributed by atoms with Gasteiger partial charge in [-0.3, -0.25) is 0 Å². The first-order valence-corrected chi connectivity index (χ1v) is 7.96. The van der Waals surface area contributed by atoms with E-state index in [-0.39, 0.29) is 10.8 Å². The van der Waals surface area contributed by atoms with Gasteiger partial charge in [-0.15, -0.1) is 0 Å². The second-order valence-corrected chi connectivity index (χ2v) is 6.12. The second kappa shape index (κ2) is 6.49. The lowest BCUT2D eigenvalue weighted by Crippen LogP contribution is -2.12. The van der Waals surface area contributed by atoms with Gasteiger partial charge in [0.1, 0.15) is 5.82 Å². The molecular weight excluding hydrogens is 324 g/mol. The van der Waals surface area contributed by atoms with Gasteiger partial charge in [0, 0.05) is 5.56 Å². The Morgan fingerprint density at radius 2 is 1.88 bits per heavy atom. The number of aryl methyl sites for hydroxylation is 2. The number of carboxylic acid groups (broad SMARTS) is 1. The molecule has 0 spiro atoms. The Kier molecular flexibility index (Phi) is 4.40. The van der Waals surface area contributed by atoms with Crippen LogP contribution in [0.4, 0.5) is 0 Å². The monoisotopic (exact) mass is 340 g/mol. The van der Waals surface area contributed by atoms with Crippen LogP contribution in [0.5, 0.6) is 0 Å². The number of imidazole rings is 1. The van der Waals surface area contributed by atoms with Crippen LogP contribution >= 0.6 is 11.6 Å². The van der Waals surface area contributed by atoms with Crippen LogP contribution in [-0.2, 0) is 6.54 Å². The van der Waals surface area contributed by atoms with Gasteiger partial charge >= 0.3 is 5.97 Å². The Bertz CT molecular complexity index is 901. The molecule has 3 aromatic rings. The molecule has 0 fully saturated rings. The van der Waals surface area contributed by atoms with Crippen molar-refractivity contribution in [2.24, 2.45) is 0 Å². The number of hydrogen-bond donors (Lipinski definition) is 1. The Morgan fingerprint density at radius 3 is 2.54 bits per heavy atom. The molecule has 1 heterocycles. The highest BCUT2D eigenvalue weighted by molar-refractivity contribution is 6.32. The minimum atomic E-state index is -1.08. The third-order valence-electron chi connectivity index (χ3n) is 3.99. The maximum atomic E-state index is 11.7. The van der Waals surface area contributed by atoms with Crippen molar-refractivity contribution in [3.05, 3.63) is 76.1 Å². The van der Waals surface area contributed by atoms with Gasteiger partial charge in [-0.2, -0.15) is 0 Å². The van der Waals surface area contributed by atoms with Crippen molar-refractivity contribution in [2.45, 2.75) is 20.4 Å². The summed E-state index contributed by atoms with van der Waals surface area (Å²) in [6.07, 6.45) is 0. The van der Waals surface area contributed by atoms with Crippen molar-refractivity contribution < 1.29 is 9.90 Å². The number of aromatic nitrogens is 2. The van der Waals surface area contributed by atoms with Gasteiger partial charge in [0.15, 0.2) is 10.8 Å². The van der Waals surface area contributed by atoms with Crippen LogP contribution in [-0.4, -0.2) is 20.6 Å². The summed E-state index contributed by atoms with van der Waals surface area (Å²) >= 11 is 6.12. The number of rotatable bonds is 4. The number of benzene rings is 2. The van der Waals surface area contributed by atoms with Gasteiger partial charge in [0.25, 0.3) is 0 Å². The number of halogens is 1. The lowest BCUT2D eigenvalue weighted by atomic mass is 10.1. The number of carboxylic acids is 1. The van der Waals surface area contributed by atoms with Crippen molar-refractivity contribution in [3.8, 4) is 11.4 Å². The Balaban J connectivity index is 2.18. The molecule has 0 radical (unpaired) electrons. The van der Waals surface area contributed by atoms with E-state index in [4.69, 9.17) is 11.6 Å². The van der Waals surface area contributed by atoms with E-state index in [1.54, 1.807) is 4.57 Å². The Hall–Kier alpha value is -2.59. The maximum Gasteiger partial charge on any atom is 0.355 e. The van der Waals surface area contributed by atoms with Gasteiger partial charge in [-0.05, 0) is 25.0 Å². The number of carbonyl (C=O) groups is 1. The first-order valence-electron chi connectivity index (χ1n) is 7.58. The first-order chi connectivity index (χ1) is 11.5. The highest BCUT2D eigenvalue weighted by Crippen LogP contribution is 2.27. The molecule has 3 rings (SSSR count). The molecule has 0 amide bonds. The highest BCUT2D eigenvalue weighted by atomic mass is 35.5. The topological polar surface area (TPSA) is 55.1 Å². The fourth-order valence-corrected chi connectivity index (χ4v) is 2.99. The zero-order chi connectivity index (χ0) is 17.3. The van der Waals surface area contributed by atoms with E-state index in [2.05, 4.69) is 11.1 Å². The molecule has 0 bridgehead atoms. The third-order valence-corrected chi connectivity index (χ3v) is 4.26. The van der Waals surface area contributed by atoms with Crippen molar-refractivity contribution in [3.63, 3.8) is 0 Å². The molecule has 0 unspecified atom stereocenters. The molecule has 1 aromatic heterocycles. The first kappa shape index (κ1) is 16.3. The third kappa shape index (κ3) is 3.05. The van der Waals surface area contributed by atoms with Gasteiger partial charge < -0.3 is 9.67 Å². The maximum absolute atomic E-state index is 11.7. The Morgan fingerprint density at radius 1 is 1.17 bits per heavy atom. The van der Waals surface area contributed by atoms with Crippen LogP contribution in [0.25, 0.3) is 11.4 Å². The van der Waals surface area contributed by atoms with Gasteiger partial charge in [0.2, 0.25) is 0 Å². The summed E-state index contributed by atoms with van der Waals surface area (Å²) in [5.74, 6) is -0.529. The lowest BCUT2D eigenvalue weighted by Gasteiger charge is -2.13. The van der Waals surface area contributed by atoms with Crippen LogP contribution in [0, 0.1) is 13.8 Å². The lowest BCUT2D eigenvalue weighted by molar-refractivity contribution is 0.0686. The Labute approximate surface area is 145 Å². The van der Waals surface area contributed by atoms with Crippen LogP contribution in [0.15, 0.2) is 48.5 Å². The average Bonchev–Trinajstić information content (AvgIpc) is 2.88. The summed E-state index contributed by atoms with van der Waals surface area (Å²) < 4.78 is 1.67. The fraction of sp³-hybridized carbons (Fsp3) is 0.158. The summed E-state index contributed by atoms with van der Waals surface area (Å²) in [6, 6.07) is 15.6. The van der Waals surface area contributed by atoms with Crippen LogP contribution in [0.1, 0.15) is 27.2 Å². The smallest absolute Gasteiger partial charge is 0.355 e. The molecule has 0 aliphatic carbocycles.